The molecule has 0 aromatic rings. The van der Waals surface area contributed by atoms with Gasteiger partial charge in [-0.25, -0.2) is 0 Å². The molecule has 0 spiro atoms. The van der Waals surface area contributed by atoms with Gasteiger partial charge in [-0.05, 0) is 82.6 Å². The minimum Gasteiger partial charge on any atom is -0.381 e. The molecule has 6 rings (SSSR count). The summed E-state index contributed by atoms with van der Waals surface area (Å²) in [6.45, 7) is 2.86. The highest BCUT2D eigenvalue weighted by Gasteiger charge is 2.64. The van der Waals surface area contributed by atoms with Crippen LogP contribution in [0.25, 0.3) is 0 Å². The number of nitrogens with zero attached hydrogens (tertiary/aromatic N) is 1. The molecule has 0 aromatic carbocycles. The van der Waals surface area contributed by atoms with Gasteiger partial charge in [-0.15, -0.1) is 0 Å². The van der Waals surface area contributed by atoms with Crippen LogP contribution in [-0.2, 0) is 33.3 Å². The van der Waals surface area contributed by atoms with Crippen LogP contribution in [0.5, 0.6) is 0 Å². The average molecular weight is 578 g/mol. The number of carbonyl (C=O) groups excluding carboxylic acids is 2. The lowest BCUT2D eigenvalue weighted by atomic mass is 9.64. The maximum Gasteiger partial charge on any atom is 0.249 e. The third kappa shape index (κ3) is 5.24. The maximum atomic E-state index is 14.2. The van der Waals surface area contributed by atoms with E-state index in [1.807, 2.05) is 6.92 Å². The van der Waals surface area contributed by atoms with E-state index in [0.717, 1.165) is 64.3 Å². The number of carbonyl (C=O) groups is 2. The number of piperidine rings is 2. The number of hydrogen-bond acceptors (Lipinski definition) is 8. The predicted octanol–water partition coefficient (Wildman–Crippen LogP) is 1.89. The standard InChI is InChI=1S/C31H51N3O7/c1-16(30(35)33-22-9-6-17(37-2)15-25(22)39-4)41-18-7-10-23-21(14-18)19-12-13-32-27-20-8-11-24(38-3)29(40-5)26(20)31(36)34(23)28(19)27/h16-29,32H,6-15H2,1-5H3,(H,33,35)/t16-,17?,18?,19?,20?,21?,22?,23?,24?,25?,26?,27?,28?,29?/m1/s1. The molecule has 0 aromatic heterocycles. The third-order valence-corrected chi connectivity index (χ3v) is 11.7. The zero-order chi connectivity index (χ0) is 28.8. The molecule has 41 heavy (non-hydrogen) atoms. The lowest BCUT2D eigenvalue weighted by Gasteiger charge is -2.55. The Morgan fingerprint density at radius 3 is 2.37 bits per heavy atom. The molecule has 6 fully saturated rings. The van der Waals surface area contributed by atoms with Gasteiger partial charge in [0.25, 0.3) is 0 Å². The van der Waals surface area contributed by atoms with Gasteiger partial charge in [-0.1, -0.05) is 0 Å². The second-order valence-electron chi connectivity index (χ2n) is 13.4. The summed E-state index contributed by atoms with van der Waals surface area (Å²) in [6, 6.07) is 0.769. The molecule has 0 bridgehead atoms. The van der Waals surface area contributed by atoms with Gasteiger partial charge in [-0.3, -0.25) is 9.59 Å². The van der Waals surface area contributed by atoms with E-state index in [1.54, 1.807) is 28.4 Å². The van der Waals surface area contributed by atoms with Crippen LogP contribution in [0.1, 0.15) is 64.7 Å². The molecule has 13 unspecified atom stereocenters. The minimum atomic E-state index is -0.531. The van der Waals surface area contributed by atoms with Crippen molar-refractivity contribution in [3.63, 3.8) is 0 Å². The van der Waals surface area contributed by atoms with Gasteiger partial charge < -0.3 is 39.2 Å². The normalized spacial score (nSPS) is 46.3. The quantitative estimate of drug-likeness (QED) is 0.451. The summed E-state index contributed by atoms with van der Waals surface area (Å²) in [6.07, 6.45) is 7.61. The Labute approximate surface area is 244 Å². The summed E-state index contributed by atoms with van der Waals surface area (Å²) in [4.78, 5) is 29.7. The van der Waals surface area contributed by atoms with Crippen molar-refractivity contribution in [3.8, 4) is 0 Å². The van der Waals surface area contributed by atoms with Crippen LogP contribution in [0.15, 0.2) is 0 Å². The molecule has 14 atom stereocenters. The summed E-state index contributed by atoms with van der Waals surface area (Å²) >= 11 is 0. The van der Waals surface area contributed by atoms with Gasteiger partial charge in [0.2, 0.25) is 11.8 Å². The summed E-state index contributed by atoms with van der Waals surface area (Å²) in [5.74, 6) is 1.22. The Kier molecular flexibility index (Phi) is 8.97. The van der Waals surface area contributed by atoms with E-state index in [1.165, 1.54) is 0 Å². The topological polar surface area (TPSA) is 108 Å². The first-order valence-corrected chi connectivity index (χ1v) is 16.0. The highest BCUT2D eigenvalue weighted by atomic mass is 16.5. The summed E-state index contributed by atoms with van der Waals surface area (Å²) in [5.41, 5.74) is 0. The van der Waals surface area contributed by atoms with E-state index in [4.69, 9.17) is 23.7 Å². The smallest absolute Gasteiger partial charge is 0.249 e. The summed E-state index contributed by atoms with van der Waals surface area (Å²) in [5, 5.41) is 7.05. The first-order valence-electron chi connectivity index (χ1n) is 16.0. The van der Waals surface area contributed by atoms with Crippen molar-refractivity contribution in [1.29, 1.82) is 0 Å². The van der Waals surface area contributed by atoms with Crippen molar-refractivity contribution >= 4 is 11.8 Å². The molecule has 6 aliphatic rings. The van der Waals surface area contributed by atoms with E-state index in [2.05, 4.69) is 15.5 Å². The zero-order valence-electron chi connectivity index (χ0n) is 25.5. The molecule has 3 aliphatic heterocycles. The monoisotopic (exact) mass is 577 g/mol. The van der Waals surface area contributed by atoms with E-state index in [9.17, 15) is 9.59 Å². The Morgan fingerprint density at radius 1 is 0.854 bits per heavy atom. The van der Waals surface area contributed by atoms with E-state index in [-0.39, 0.29) is 72.3 Å². The van der Waals surface area contributed by atoms with Gasteiger partial charge in [0.15, 0.2) is 0 Å². The Balaban J connectivity index is 1.11. The Bertz CT molecular complexity index is 953. The third-order valence-electron chi connectivity index (χ3n) is 11.7. The second-order valence-corrected chi connectivity index (χ2v) is 13.4. The van der Waals surface area contributed by atoms with Crippen molar-refractivity contribution in [2.45, 2.75) is 126 Å². The lowest BCUT2D eigenvalue weighted by Crippen LogP contribution is -2.70. The number of ether oxygens (including phenoxy) is 5. The van der Waals surface area contributed by atoms with Crippen molar-refractivity contribution < 1.29 is 33.3 Å². The summed E-state index contributed by atoms with van der Waals surface area (Å²) in [7, 11) is 6.89. The molecule has 3 saturated heterocycles. The Morgan fingerprint density at radius 2 is 1.63 bits per heavy atom. The van der Waals surface area contributed by atoms with Crippen LogP contribution in [0.2, 0.25) is 0 Å². The molecule has 2 N–H and O–H groups in total. The first kappa shape index (κ1) is 29.8. The number of methoxy groups -OCH3 is 4. The number of amides is 2. The number of hydrogen-bond donors (Lipinski definition) is 2. The molecule has 2 amide bonds. The molecule has 3 aliphatic carbocycles. The average Bonchev–Trinajstić information content (AvgIpc) is 3.33. The SMILES string of the molecule is COC1CCC(NC(=O)[C@@H](C)OC2CCC3C(C2)C2CCNC4C5CCC(OC)C(OC)C5C(=O)N3C24)C(OC)C1. The number of fused-ring (bicyclic) bond motifs is 5. The van der Waals surface area contributed by atoms with Crippen molar-refractivity contribution in [2.75, 3.05) is 35.0 Å². The van der Waals surface area contributed by atoms with Gasteiger partial charge in [0, 0.05) is 46.9 Å². The van der Waals surface area contributed by atoms with Gasteiger partial charge in [-0.2, -0.15) is 0 Å². The summed E-state index contributed by atoms with van der Waals surface area (Å²) < 4.78 is 29.4. The molecular weight excluding hydrogens is 526 g/mol. The largest absolute Gasteiger partial charge is 0.381 e. The fourth-order valence-corrected chi connectivity index (χ4v) is 9.84. The molecule has 0 radical (unpaired) electrons. The minimum absolute atomic E-state index is 0.0242. The van der Waals surface area contributed by atoms with Gasteiger partial charge in [0.05, 0.1) is 48.5 Å². The van der Waals surface area contributed by atoms with Crippen LogP contribution in [-0.4, -0.2) is 112 Å². The second kappa shape index (κ2) is 12.4. The number of rotatable bonds is 8. The molecule has 3 saturated carbocycles. The lowest BCUT2D eigenvalue weighted by molar-refractivity contribution is -0.175. The molecule has 10 heteroatoms. The van der Waals surface area contributed by atoms with E-state index >= 15 is 0 Å². The fourth-order valence-electron chi connectivity index (χ4n) is 9.84. The van der Waals surface area contributed by atoms with Crippen molar-refractivity contribution in [1.82, 2.24) is 15.5 Å². The first-order chi connectivity index (χ1) is 19.9. The van der Waals surface area contributed by atoms with Crippen LogP contribution in [0.3, 0.4) is 0 Å². The fraction of sp³-hybridized carbons (Fsp3) is 0.935. The van der Waals surface area contributed by atoms with E-state index in [0.29, 0.717) is 17.9 Å². The van der Waals surface area contributed by atoms with Crippen molar-refractivity contribution in [3.05, 3.63) is 0 Å². The van der Waals surface area contributed by atoms with Crippen molar-refractivity contribution in [2.24, 2.45) is 23.7 Å². The highest BCUT2D eigenvalue weighted by Crippen LogP contribution is 2.54. The van der Waals surface area contributed by atoms with Gasteiger partial charge in [0.1, 0.15) is 6.10 Å². The Hall–Kier alpha value is -1.30. The highest BCUT2D eigenvalue weighted by molar-refractivity contribution is 5.83. The van der Waals surface area contributed by atoms with Crippen LogP contribution >= 0.6 is 0 Å². The zero-order valence-corrected chi connectivity index (χ0v) is 25.5. The van der Waals surface area contributed by atoms with Gasteiger partial charge >= 0.3 is 0 Å². The molecule has 232 valence electrons. The molecule has 10 nitrogen and oxygen atoms in total. The van der Waals surface area contributed by atoms with Crippen LogP contribution in [0.4, 0.5) is 0 Å². The maximum absolute atomic E-state index is 14.2. The number of nitrogens with one attached hydrogen (secondary N) is 2. The molecule has 3 heterocycles. The molecular formula is C31H51N3O7. The van der Waals surface area contributed by atoms with E-state index < -0.39 is 6.10 Å². The predicted molar refractivity (Wildman–Crippen MR) is 151 cm³/mol. The van der Waals surface area contributed by atoms with Crippen LogP contribution < -0.4 is 10.6 Å². The van der Waals surface area contributed by atoms with Crippen LogP contribution in [0, 0.1) is 23.7 Å².